The lowest BCUT2D eigenvalue weighted by Gasteiger charge is -2.40. The summed E-state index contributed by atoms with van der Waals surface area (Å²) in [4.78, 5) is 33.8. The molecular weight excluding hydrogens is 450 g/mol. The van der Waals surface area contributed by atoms with E-state index in [1.807, 2.05) is 60.2 Å². The fraction of sp³-hybridized carbons (Fsp3) is 0.333. The van der Waals surface area contributed by atoms with Crippen LogP contribution in [0.4, 0.5) is 0 Å². The van der Waals surface area contributed by atoms with E-state index in [1.54, 1.807) is 12.3 Å². The fourth-order valence-electron chi connectivity index (χ4n) is 5.45. The molecular formula is C30H33N3O3. The topological polar surface area (TPSA) is 69.6 Å². The summed E-state index contributed by atoms with van der Waals surface area (Å²) in [6, 6.07) is 20.2. The Morgan fingerprint density at radius 2 is 1.81 bits per heavy atom. The molecule has 1 aliphatic rings. The molecule has 0 bridgehead atoms. The molecule has 0 saturated carbocycles. The smallest absolute Gasteiger partial charge is 0.270 e. The lowest BCUT2D eigenvalue weighted by atomic mass is 9.84. The minimum Gasteiger partial charge on any atom is -0.469 e. The third kappa shape index (κ3) is 4.81. The SMILES string of the molecule is Cc1ccc2[nH]c(C(=O)N3CCC(C(Cc4ccccc4)N(C)C(=O)c4ccoc4C)CC3)cc2c1. The average Bonchev–Trinajstić information content (AvgIpc) is 3.52. The van der Waals surface area contributed by atoms with Gasteiger partial charge in [-0.15, -0.1) is 0 Å². The number of hydrogen-bond acceptors (Lipinski definition) is 3. The van der Waals surface area contributed by atoms with Gasteiger partial charge in [-0.1, -0.05) is 42.0 Å². The van der Waals surface area contributed by atoms with E-state index in [4.69, 9.17) is 4.42 Å². The number of likely N-dealkylation sites (N-methyl/N-ethyl adjacent to an activating group) is 1. The van der Waals surface area contributed by atoms with Crippen LogP contribution in [0, 0.1) is 19.8 Å². The molecule has 0 spiro atoms. The maximum absolute atomic E-state index is 13.4. The molecule has 5 rings (SSSR count). The van der Waals surface area contributed by atoms with Gasteiger partial charge in [0.25, 0.3) is 11.8 Å². The van der Waals surface area contributed by atoms with Gasteiger partial charge in [-0.2, -0.15) is 0 Å². The van der Waals surface area contributed by atoms with Crippen molar-refractivity contribution in [3.8, 4) is 0 Å². The number of nitrogens with one attached hydrogen (secondary N) is 1. The molecule has 0 radical (unpaired) electrons. The highest BCUT2D eigenvalue weighted by atomic mass is 16.3. The van der Waals surface area contributed by atoms with Gasteiger partial charge in [0.1, 0.15) is 11.5 Å². The number of fused-ring (bicyclic) bond motifs is 1. The third-order valence-corrected chi connectivity index (χ3v) is 7.57. The Balaban J connectivity index is 1.31. The zero-order chi connectivity index (χ0) is 25.2. The molecule has 6 nitrogen and oxygen atoms in total. The molecule has 2 aromatic heterocycles. The summed E-state index contributed by atoms with van der Waals surface area (Å²) in [7, 11) is 1.90. The highest BCUT2D eigenvalue weighted by Crippen LogP contribution is 2.29. The van der Waals surface area contributed by atoms with E-state index in [0.717, 1.165) is 30.2 Å². The van der Waals surface area contributed by atoms with Gasteiger partial charge in [-0.25, -0.2) is 0 Å². The number of amides is 2. The van der Waals surface area contributed by atoms with Gasteiger partial charge in [0.2, 0.25) is 0 Å². The zero-order valence-corrected chi connectivity index (χ0v) is 21.2. The van der Waals surface area contributed by atoms with Crippen molar-refractivity contribution in [2.45, 2.75) is 39.2 Å². The van der Waals surface area contributed by atoms with E-state index >= 15 is 0 Å². The number of piperidine rings is 1. The Morgan fingerprint density at radius 3 is 2.50 bits per heavy atom. The van der Waals surface area contributed by atoms with Crippen molar-refractivity contribution in [1.82, 2.24) is 14.8 Å². The number of rotatable bonds is 6. The molecule has 2 amide bonds. The van der Waals surface area contributed by atoms with Gasteiger partial charge in [-0.3, -0.25) is 9.59 Å². The molecule has 1 fully saturated rings. The van der Waals surface area contributed by atoms with Crippen molar-refractivity contribution in [1.29, 1.82) is 0 Å². The summed E-state index contributed by atoms with van der Waals surface area (Å²) in [6.45, 7) is 5.23. The molecule has 0 aliphatic carbocycles. The fourth-order valence-corrected chi connectivity index (χ4v) is 5.45. The van der Waals surface area contributed by atoms with Crippen molar-refractivity contribution in [3.05, 3.63) is 95.1 Å². The number of nitrogens with zero attached hydrogens (tertiary/aromatic N) is 2. The van der Waals surface area contributed by atoms with E-state index in [1.165, 1.54) is 11.1 Å². The number of furan rings is 1. The van der Waals surface area contributed by atoms with Gasteiger partial charge < -0.3 is 19.2 Å². The second kappa shape index (κ2) is 10.1. The molecule has 2 aromatic carbocycles. The van der Waals surface area contributed by atoms with E-state index in [-0.39, 0.29) is 17.9 Å². The number of aromatic nitrogens is 1. The summed E-state index contributed by atoms with van der Waals surface area (Å²) in [5, 5.41) is 1.06. The number of carbonyl (C=O) groups is 2. The largest absolute Gasteiger partial charge is 0.469 e. The molecule has 186 valence electrons. The lowest BCUT2D eigenvalue weighted by molar-refractivity contribution is 0.0519. The first-order chi connectivity index (χ1) is 17.4. The predicted octanol–water partition coefficient (Wildman–Crippen LogP) is 5.61. The van der Waals surface area contributed by atoms with Gasteiger partial charge in [-0.05, 0) is 68.9 Å². The Labute approximate surface area is 211 Å². The highest BCUT2D eigenvalue weighted by Gasteiger charge is 2.34. The molecule has 4 aromatic rings. The van der Waals surface area contributed by atoms with Crippen LogP contribution in [-0.4, -0.2) is 52.8 Å². The van der Waals surface area contributed by atoms with Crippen LogP contribution in [0.5, 0.6) is 0 Å². The summed E-state index contributed by atoms with van der Waals surface area (Å²) in [5.41, 5.74) is 4.61. The van der Waals surface area contributed by atoms with Crippen molar-refractivity contribution in [2.24, 2.45) is 5.92 Å². The summed E-state index contributed by atoms with van der Waals surface area (Å²) < 4.78 is 5.40. The maximum atomic E-state index is 13.4. The third-order valence-electron chi connectivity index (χ3n) is 7.57. The van der Waals surface area contributed by atoms with Crippen molar-refractivity contribution in [2.75, 3.05) is 20.1 Å². The van der Waals surface area contributed by atoms with Crippen LogP contribution in [0.15, 0.2) is 71.3 Å². The molecule has 1 aliphatic heterocycles. The molecule has 36 heavy (non-hydrogen) atoms. The molecule has 3 heterocycles. The number of benzene rings is 2. The summed E-state index contributed by atoms with van der Waals surface area (Å²) in [5.74, 6) is 0.953. The van der Waals surface area contributed by atoms with Crippen LogP contribution in [-0.2, 0) is 6.42 Å². The van der Waals surface area contributed by atoms with Crippen LogP contribution in [0.2, 0.25) is 0 Å². The van der Waals surface area contributed by atoms with Crippen LogP contribution in [0.1, 0.15) is 50.6 Å². The van der Waals surface area contributed by atoms with Crippen LogP contribution >= 0.6 is 0 Å². The molecule has 1 N–H and O–H groups in total. The number of carbonyl (C=O) groups excluding carboxylic acids is 2. The van der Waals surface area contributed by atoms with Crippen molar-refractivity contribution in [3.63, 3.8) is 0 Å². The normalized spacial score (nSPS) is 15.2. The predicted molar refractivity (Wildman–Crippen MR) is 141 cm³/mol. The second-order valence-electron chi connectivity index (χ2n) is 9.97. The maximum Gasteiger partial charge on any atom is 0.270 e. The lowest BCUT2D eigenvalue weighted by Crippen LogP contribution is -2.48. The van der Waals surface area contributed by atoms with Crippen LogP contribution in [0.25, 0.3) is 10.9 Å². The number of hydrogen-bond donors (Lipinski definition) is 1. The van der Waals surface area contributed by atoms with E-state index in [0.29, 0.717) is 36.0 Å². The molecule has 6 heteroatoms. The summed E-state index contributed by atoms with van der Waals surface area (Å²) >= 11 is 0. The Morgan fingerprint density at radius 1 is 1.06 bits per heavy atom. The first kappa shape index (κ1) is 23.9. The first-order valence-corrected chi connectivity index (χ1v) is 12.6. The first-order valence-electron chi connectivity index (χ1n) is 12.6. The molecule has 1 saturated heterocycles. The molecule has 1 atom stereocenters. The van der Waals surface area contributed by atoms with Gasteiger partial charge >= 0.3 is 0 Å². The standard InChI is InChI=1S/C30H33N3O3/c1-20-9-10-26-24(17-20)19-27(31-26)30(35)33-14-11-23(12-15-33)28(18-22-7-5-4-6-8-22)32(3)29(34)25-13-16-36-21(25)2/h4-10,13,16-17,19,23,28,31H,11-12,14-15,18H2,1-3H3. The number of aryl methyl sites for hydroxylation is 2. The van der Waals surface area contributed by atoms with E-state index in [2.05, 4.69) is 30.1 Å². The average molecular weight is 484 g/mol. The second-order valence-corrected chi connectivity index (χ2v) is 9.97. The van der Waals surface area contributed by atoms with Crippen LogP contribution < -0.4 is 0 Å². The van der Waals surface area contributed by atoms with Crippen LogP contribution in [0.3, 0.4) is 0 Å². The van der Waals surface area contributed by atoms with Gasteiger partial charge in [0.15, 0.2) is 0 Å². The minimum absolute atomic E-state index is 0.0194. The monoisotopic (exact) mass is 483 g/mol. The number of H-pyrrole nitrogens is 1. The van der Waals surface area contributed by atoms with Crippen molar-refractivity contribution < 1.29 is 14.0 Å². The quantitative estimate of drug-likeness (QED) is 0.387. The summed E-state index contributed by atoms with van der Waals surface area (Å²) in [6.07, 6.45) is 4.05. The van der Waals surface area contributed by atoms with E-state index < -0.39 is 0 Å². The van der Waals surface area contributed by atoms with Gasteiger partial charge in [0, 0.05) is 37.1 Å². The Hall–Kier alpha value is -3.80. The van der Waals surface area contributed by atoms with E-state index in [9.17, 15) is 9.59 Å². The Kier molecular flexibility index (Phi) is 6.68. The van der Waals surface area contributed by atoms with Gasteiger partial charge in [0.05, 0.1) is 11.8 Å². The number of aromatic amines is 1. The highest BCUT2D eigenvalue weighted by molar-refractivity contribution is 5.98. The number of likely N-dealkylation sites (tertiary alicyclic amines) is 1. The minimum atomic E-state index is -0.0194. The van der Waals surface area contributed by atoms with Crippen molar-refractivity contribution >= 4 is 22.7 Å². The zero-order valence-electron chi connectivity index (χ0n) is 21.2. The molecule has 1 unspecified atom stereocenters. The Bertz CT molecular complexity index is 1360.